The number of ether oxygens (including phenoxy) is 1. The Kier molecular flexibility index (Phi) is 2.40. The molecule has 0 atom stereocenters. The third kappa shape index (κ3) is 1.72. The molecular formula is C12H16N4O. The predicted molar refractivity (Wildman–Crippen MR) is 67.7 cm³/mol. The maximum absolute atomic E-state index is 5.78. The number of hydrogen-bond acceptors (Lipinski definition) is 4. The molecule has 0 unspecified atom stereocenters. The van der Waals surface area contributed by atoms with Crippen LogP contribution in [0.15, 0.2) is 18.2 Å². The lowest BCUT2D eigenvalue weighted by molar-refractivity contribution is 0.111. The van der Waals surface area contributed by atoms with E-state index in [2.05, 4.69) is 14.7 Å². The molecule has 0 saturated carbocycles. The van der Waals surface area contributed by atoms with Gasteiger partial charge in [0.1, 0.15) is 5.82 Å². The zero-order chi connectivity index (χ0) is 11.8. The van der Waals surface area contributed by atoms with E-state index in [1.165, 1.54) is 0 Å². The van der Waals surface area contributed by atoms with Gasteiger partial charge in [0.2, 0.25) is 0 Å². The van der Waals surface area contributed by atoms with E-state index in [-0.39, 0.29) is 0 Å². The Morgan fingerprint density at radius 3 is 2.82 bits per heavy atom. The highest BCUT2D eigenvalue weighted by Gasteiger charge is 2.16. The van der Waals surface area contributed by atoms with Crippen LogP contribution >= 0.6 is 0 Å². The van der Waals surface area contributed by atoms with Gasteiger partial charge in [-0.05, 0) is 25.1 Å². The van der Waals surface area contributed by atoms with Crippen molar-refractivity contribution in [1.29, 1.82) is 0 Å². The van der Waals surface area contributed by atoms with Gasteiger partial charge in [-0.3, -0.25) is 0 Å². The number of nitrogen functional groups attached to an aromatic ring is 1. The Bertz CT molecular complexity index is 543. The minimum atomic E-state index is 0.754. The van der Waals surface area contributed by atoms with Crippen LogP contribution < -0.4 is 10.7 Å². The Morgan fingerprint density at radius 2 is 2.06 bits per heavy atom. The molecule has 1 fully saturated rings. The maximum Gasteiger partial charge on any atom is 0.125 e. The molecule has 1 aromatic heterocycles. The van der Waals surface area contributed by atoms with Gasteiger partial charge in [0.25, 0.3) is 0 Å². The first-order chi connectivity index (χ1) is 8.25. The number of aryl methyl sites for hydroxylation is 1. The van der Waals surface area contributed by atoms with Crippen LogP contribution in [0.1, 0.15) is 5.82 Å². The highest BCUT2D eigenvalue weighted by atomic mass is 16.5. The molecule has 1 aliphatic rings. The number of rotatable bonds is 1. The zero-order valence-corrected chi connectivity index (χ0v) is 9.89. The third-order valence-corrected chi connectivity index (χ3v) is 3.09. The fourth-order valence-electron chi connectivity index (χ4n) is 2.32. The van der Waals surface area contributed by atoms with Gasteiger partial charge in [0, 0.05) is 5.69 Å². The molecule has 1 aromatic carbocycles. The normalized spacial score (nSPS) is 16.6. The Hall–Kier alpha value is -1.75. The molecule has 0 aliphatic carbocycles. The van der Waals surface area contributed by atoms with E-state index in [9.17, 15) is 0 Å². The average Bonchev–Trinajstić information content (AvgIpc) is 2.65. The van der Waals surface area contributed by atoms with Crippen molar-refractivity contribution in [3.05, 3.63) is 24.0 Å². The molecule has 5 nitrogen and oxygen atoms in total. The summed E-state index contributed by atoms with van der Waals surface area (Å²) in [6.07, 6.45) is 0. The van der Waals surface area contributed by atoms with Crippen LogP contribution in [0.4, 0.5) is 5.69 Å². The van der Waals surface area contributed by atoms with Crippen molar-refractivity contribution in [1.82, 2.24) is 9.66 Å². The first kappa shape index (κ1) is 10.4. The molecule has 0 radical (unpaired) electrons. The lowest BCUT2D eigenvalue weighted by atomic mass is 10.3. The van der Waals surface area contributed by atoms with Gasteiger partial charge in [0.15, 0.2) is 0 Å². The Morgan fingerprint density at radius 1 is 1.29 bits per heavy atom. The average molecular weight is 232 g/mol. The van der Waals surface area contributed by atoms with Gasteiger partial charge >= 0.3 is 0 Å². The number of hydrogen-bond donors (Lipinski definition) is 1. The number of benzene rings is 1. The van der Waals surface area contributed by atoms with Gasteiger partial charge in [-0.15, -0.1) is 0 Å². The van der Waals surface area contributed by atoms with Crippen LogP contribution in [0.3, 0.4) is 0 Å². The lowest BCUT2D eigenvalue weighted by Crippen LogP contribution is -2.44. The Labute approximate surface area is 99.8 Å². The van der Waals surface area contributed by atoms with Crippen LogP contribution in [0, 0.1) is 6.92 Å². The molecule has 1 saturated heterocycles. The molecule has 2 aromatic rings. The molecule has 90 valence electrons. The second-order valence-electron chi connectivity index (χ2n) is 4.29. The summed E-state index contributed by atoms with van der Waals surface area (Å²) in [5, 5.41) is 2.27. The summed E-state index contributed by atoms with van der Waals surface area (Å²) < 4.78 is 7.54. The molecule has 2 heterocycles. The maximum atomic E-state index is 5.78. The van der Waals surface area contributed by atoms with Crippen molar-refractivity contribution in [3.63, 3.8) is 0 Å². The van der Waals surface area contributed by atoms with Gasteiger partial charge in [-0.2, -0.15) is 0 Å². The fraction of sp³-hybridized carbons (Fsp3) is 0.417. The standard InChI is InChI=1S/C12H16N4O/c1-9-14-11-8-10(13)2-3-12(11)16(9)15-4-6-17-7-5-15/h2-3,8H,4-7,13H2,1H3. The SMILES string of the molecule is Cc1nc2cc(N)ccc2n1N1CCOCC1. The highest BCUT2D eigenvalue weighted by molar-refractivity contribution is 5.80. The van der Waals surface area contributed by atoms with Crippen LogP contribution in [-0.4, -0.2) is 36.0 Å². The molecule has 0 spiro atoms. The number of nitrogens with zero attached hydrogens (tertiary/aromatic N) is 3. The minimum absolute atomic E-state index is 0.754. The number of anilines is 1. The smallest absolute Gasteiger partial charge is 0.125 e. The van der Waals surface area contributed by atoms with Crippen molar-refractivity contribution in [2.24, 2.45) is 0 Å². The predicted octanol–water partition coefficient (Wildman–Crippen LogP) is 0.895. The van der Waals surface area contributed by atoms with Crippen LogP contribution in [0.25, 0.3) is 11.0 Å². The lowest BCUT2D eigenvalue weighted by Gasteiger charge is -2.30. The van der Waals surface area contributed by atoms with Crippen LogP contribution in [-0.2, 0) is 4.74 Å². The highest BCUT2D eigenvalue weighted by Crippen LogP contribution is 2.19. The largest absolute Gasteiger partial charge is 0.399 e. The first-order valence-corrected chi connectivity index (χ1v) is 5.83. The summed E-state index contributed by atoms with van der Waals surface area (Å²) in [6, 6.07) is 5.86. The second-order valence-corrected chi connectivity index (χ2v) is 4.29. The summed E-state index contributed by atoms with van der Waals surface area (Å²) in [4.78, 5) is 4.55. The van der Waals surface area contributed by atoms with Crippen molar-refractivity contribution in [2.75, 3.05) is 37.0 Å². The van der Waals surface area contributed by atoms with E-state index < -0.39 is 0 Å². The third-order valence-electron chi connectivity index (χ3n) is 3.09. The molecule has 2 N–H and O–H groups in total. The van der Waals surface area contributed by atoms with E-state index >= 15 is 0 Å². The summed E-state index contributed by atoms with van der Waals surface area (Å²) in [5.74, 6) is 0.993. The molecule has 0 amide bonds. The van der Waals surface area contributed by atoms with Gasteiger partial charge in [-0.1, -0.05) is 0 Å². The summed E-state index contributed by atoms with van der Waals surface area (Å²) in [5.41, 5.74) is 8.60. The van der Waals surface area contributed by atoms with Crippen molar-refractivity contribution in [3.8, 4) is 0 Å². The monoisotopic (exact) mass is 232 g/mol. The molecule has 17 heavy (non-hydrogen) atoms. The Balaban J connectivity index is 2.11. The van der Waals surface area contributed by atoms with E-state index in [1.807, 2.05) is 25.1 Å². The van der Waals surface area contributed by atoms with Gasteiger partial charge in [0.05, 0.1) is 37.3 Å². The second kappa shape index (κ2) is 3.92. The van der Waals surface area contributed by atoms with E-state index in [0.29, 0.717) is 0 Å². The topological polar surface area (TPSA) is 56.3 Å². The van der Waals surface area contributed by atoms with Crippen molar-refractivity contribution < 1.29 is 4.74 Å². The zero-order valence-electron chi connectivity index (χ0n) is 9.89. The molecular weight excluding hydrogens is 216 g/mol. The summed E-state index contributed by atoms with van der Waals surface area (Å²) in [7, 11) is 0. The molecule has 3 rings (SSSR count). The van der Waals surface area contributed by atoms with Gasteiger partial charge < -0.3 is 15.5 Å². The summed E-state index contributed by atoms with van der Waals surface area (Å²) >= 11 is 0. The first-order valence-electron chi connectivity index (χ1n) is 5.83. The van der Waals surface area contributed by atoms with Crippen LogP contribution in [0.2, 0.25) is 0 Å². The van der Waals surface area contributed by atoms with E-state index in [4.69, 9.17) is 10.5 Å². The quantitative estimate of drug-likeness (QED) is 0.742. The fourth-order valence-corrected chi connectivity index (χ4v) is 2.32. The number of morpholine rings is 1. The van der Waals surface area contributed by atoms with E-state index in [1.54, 1.807) is 0 Å². The van der Waals surface area contributed by atoms with Crippen molar-refractivity contribution >= 4 is 16.7 Å². The molecule has 0 bridgehead atoms. The van der Waals surface area contributed by atoms with Gasteiger partial charge in [-0.25, -0.2) is 9.66 Å². The number of fused-ring (bicyclic) bond motifs is 1. The summed E-state index contributed by atoms with van der Waals surface area (Å²) in [6.45, 7) is 5.36. The molecule has 5 heteroatoms. The van der Waals surface area contributed by atoms with E-state index in [0.717, 1.165) is 48.8 Å². The molecule has 1 aliphatic heterocycles. The number of imidazole rings is 1. The van der Waals surface area contributed by atoms with Crippen LogP contribution in [0.5, 0.6) is 0 Å². The van der Waals surface area contributed by atoms with Crippen molar-refractivity contribution in [2.45, 2.75) is 6.92 Å². The minimum Gasteiger partial charge on any atom is -0.399 e. The number of nitrogens with two attached hydrogens (primary N) is 1. The number of aromatic nitrogens is 2.